The first kappa shape index (κ1) is 19.5. The number of alkyl halides is 3. The van der Waals surface area contributed by atoms with Crippen LogP contribution in [0.2, 0.25) is 0 Å². The lowest BCUT2D eigenvalue weighted by molar-refractivity contribution is -0.159. The third-order valence-corrected chi connectivity index (χ3v) is 6.44. The van der Waals surface area contributed by atoms with Crippen molar-refractivity contribution >= 4 is 21.4 Å². The second-order valence-electron chi connectivity index (χ2n) is 5.68. The molecular formula is C16H14F3N3O3S2. The summed E-state index contributed by atoms with van der Waals surface area (Å²) >= 11 is 1.10. The van der Waals surface area contributed by atoms with Crippen molar-refractivity contribution in [2.75, 3.05) is 7.05 Å². The van der Waals surface area contributed by atoms with Gasteiger partial charge in [-0.2, -0.15) is 22.5 Å². The molecule has 0 amide bonds. The van der Waals surface area contributed by atoms with Crippen molar-refractivity contribution in [2.45, 2.75) is 18.5 Å². The van der Waals surface area contributed by atoms with Gasteiger partial charge >= 0.3 is 12.1 Å². The van der Waals surface area contributed by atoms with Crippen molar-refractivity contribution in [1.82, 2.24) is 14.4 Å². The number of nitrogens with zero attached hydrogens (tertiary/aromatic N) is 3. The van der Waals surface area contributed by atoms with Crippen molar-refractivity contribution in [3.05, 3.63) is 58.8 Å². The largest absolute Gasteiger partial charge is 0.471 e. The van der Waals surface area contributed by atoms with E-state index < -0.39 is 22.1 Å². The van der Waals surface area contributed by atoms with Gasteiger partial charge in [-0.1, -0.05) is 35.5 Å². The summed E-state index contributed by atoms with van der Waals surface area (Å²) < 4.78 is 67.9. The number of aromatic nitrogens is 2. The van der Waals surface area contributed by atoms with Gasteiger partial charge in [0.25, 0.3) is 0 Å². The molecule has 1 aromatic carbocycles. The number of rotatable bonds is 6. The second kappa shape index (κ2) is 7.41. The molecule has 11 heteroatoms. The van der Waals surface area contributed by atoms with E-state index in [4.69, 9.17) is 0 Å². The molecule has 0 radical (unpaired) electrons. The Labute approximate surface area is 157 Å². The summed E-state index contributed by atoms with van der Waals surface area (Å²) in [4.78, 5) is 4.33. The Morgan fingerprint density at radius 3 is 2.48 bits per heavy atom. The highest BCUT2D eigenvalue weighted by Crippen LogP contribution is 2.32. The van der Waals surface area contributed by atoms with Gasteiger partial charge in [0.15, 0.2) is 0 Å². The number of sulfonamides is 1. The molecule has 0 aliphatic heterocycles. The Hall–Kier alpha value is -2.24. The minimum absolute atomic E-state index is 0.0871. The van der Waals surface area contributed by atoms with Crippen LogP contribution in [0, 0.1) is 0 Å². The van der Waals surface area contributed by atoms with Crippen molar-refractivity contribution < 1.29 is 26.1 Å². The Morgan fingerprint density at radius 1 is 1.15 bits per heavy atom. The number of halogens is 3. The molecule has 2 aromatic heterocycles. The molecular weight excluding hydrogens is 403 g/mol. The quantitative estimate of drug-likeness (QED) is 0.610. The van der Waals surface area contributed by atoms with Crippen molar-refractivity contribution in [3.8, 4) is 10.7 Å². The van der Waals surface area contributed by atoms with Gasteiger partial charge in [0, 0.05) is 18.5 Å². The first-order chi connectivity index (χ1) is 12.6. The van der Waals surface area contributed by atoms with Gasteiger partial charge in [-0.05, 0) is 17.7 Å². The minimum atomic E-state index is -4.71. The Bertz CT molecular complexity index is 1010. The monoisotopic (exact) mass is 417 g/mol. The minimum Gasteiger partial charge on any atom is -0.329 e. The van der Waals surface area contributed by atoms with Gasteiger partial charge in [-0.25, -0.2) is 8.42 Å². The summed E-state index contributed by atoms with van der Waals surface area (Å²) in [6, 6.07) is 11.9. The van der Waals surface area contributed by atoms with E-state index in [9.17, 15) is 21.6 Å². The predicted molar refractivity (Wildman–Crippen MR) is 93.1 cm³/mol. The van der Waals surface area contributed by atoms with E-state index in [1.165, 1.54) is 17.4 Å². The average Bonchev–Trinajstić information content (AvgIpc) is 3.23. The first-order valence-electron chi connectivity index (χ1n) is 7.63. The molecule has 0 saturated heterocycles. The zero-order valence-corrected chi connectivity index (χ0v) is 15.6. The summed E-state index contributed by atoms with van der Waals surface area (Å²) in [7, 11) is -2.09. The molecule has 0 unspecified atom stereocenters. The van der Waals surface area contributed by atoms with E-state index in [0.29, 0.717) is 15.3 Å². The highest BCUT2D eigenvalue weighted by atomic mass is 32.2. The first-order valence-corrected chi connectivity index (χ1v) is 10.1. The van der Waals surface area contributed by atoms with Gasteiger partial charge < -0.3 is 4.52 Å². The van der Waals surface area contributed by atoms with Gasteiger partial charge in [0.1, 0.15) is 0 Å². The number of benzene rings is 1. The van der Waals surface area contributed by atoms with Crippen LogP contribution in [-0.2, 0) is 28.5 Å². The summed E-state index contributed by atoms with van der Waals surface area (Å²) in [5, 5.41) is 3.32. The number of hydrogen-bond donors (Lipinski definition) is 0. The SMILES string of the molecule is CN(Cc1ccc(-c2noc(C(F)(F)F)n2)s1)S(=O)(=O)Cc1ccccc1. The van der Waals surface area contributed by atoms with E-state index >= 15 is 0 Å². The van der Waals surface area contributed by atoms with Crippen LogP contribution < -0.4 is 0 Å². The fourth-order valence-electron chi connectivity index (χ4n) is 2.23. The van der Waals surface area contributed by atoms with E-state index in [-0.39, 0.29) is 18.1 Å². The molecule has 0 aliphatic carbocycles. The van der Waals surface area contributed by atoms with Crippen molar-refractivity contribution in [1.29, 1.82) is 0 Å². The molecule has 0 N–H and O–H groups in total. The topological polar surface area (TPSA) is 76.3 Å². The fraction of sp³-hybridized carbons (Fsp3) is 0.250. The van der Waals surface area contributed by atoms with E-state index in [0.717, 1.165) is 11.3 Å². The molecule has 6 nitrogen and oxygen atoms in total. The van der Waals surface area contributed by atoms with E-state index in [1.54, 1.807) is 36.4 Å². The summed E-state index contributed by atoms with van der Waals surface area (Å²) in [6.07, 6.45) is -4.71. The van der Waals surface area contributed by atoms with Gasteiger partial charge in [0.2, 0.25) is 15.8 Å². The molecule has 3 aromatic rings. The summed E-state index contributed by atoms with van der Waals surface area (Å²) in [5.41, 5.74) is 0.669. The zero-order chi connectivity index (χ0) is 19.7. The maximum absolute atomic E-state index is 12.5. The van der Waals surface area contributed by atoms with Crippen LogP contribution in [0.5, 0.6) is 0 Å². The third-order valence-electron chi connectivity index (χ3n) is 3.60. The molecule has 27 heavy (non-hydrogen) atoms. The standard InChI is InChI=1S/C16H14F3N3O3S2/c1-22(27(23,24)10-11-5-3-2-4-6-11)9-12-7-8-13(26-12)14-20-15(25-21-14)16(17,18)19/h2-8H,9-10H2,1H3. The van der Waals surface area contributed by atoms with Crippen LogP contribution in [0.4, 0.5) is 13.2 Å². The highest BCUT2D eigenvalue weighted by Gasteiger charge is 2.38. The third kappa shape index (κ3) is 4.73. The molecule has 0 atom stereocenters. The Kier molecular flexibility index (Phi) is 5.36. The zero-order valence-electron chi connectivity index (χ0n) is 14.0. The van der Waals surface area contributed by atoms with Crippen LogP contribution in [0.1, 0.15) is 16.3 Å². The smallest absolute Gasteiger partial charge is 0.329 e. The lowest BCUT2D eigenvalue weighted by Crippen LogP contribution is -2.27. The average molecular weight is 417 g/mol. The van der Waals surface area contributed by atoms with Crippen LogP contribution in [0.15, 0.2) is 47.0 Å². The Morgan fingerprint density at radius 2 is 1.85 bits per heavy atom. The molecule has 0 aliphatic rings. The van der Waals surface area contributed by atoms with E-state index in [2.05, 4.69) is 14.7 Å². The second-order valence-corrected chi connectivity index (χ2v) is 8.93. The molecule has 0 bridgehead atoms. The van der Waals surface area contributed by atoms with Crippen LogP contribution in [-0.4, -0.2) is 29.9 Å². The van der Waals surface area contributed by atoms with Crippen molar-refractivity contribution in [2.24, 2.45) is 0 Å². The Balaban J connectivity index is 1.71. The van der Waals surface area contributed by atoms with Crippen LogP contribution in [0.25, 0.3) is 10.7 Å². The predicted octanol–water partition coefficient (Wildman–Crippen LogP) is 3.78. The van der Waals surface area contributed by atoms with Gasteiger partial charge in [-0.15, -0.1) is 11.3 Å². The molecule has 0 saturated carbocycles. The summed E-state index contributed by atoms with van der Waals surface area (Å²) in [5.74, 6) is -1.74. The van der Waals surface area contributed by atoms with Crippen LogP contribution in [0.3, 0.4) is 0 Å². The molecule has 3 rings (SSSR count). The molecule has 0 fully saturated rings. The number of hydrogen-bond acceptors (Lipinski definition) is 6. The van der Waals surface area contributed by atoms with Gasteiger partial charge in [0.05, 0.1) is 10.6 Å². The maximum Gasteiger partial charge on any atom is 0.471 e. The molecule has 2 heterocycles. The fourth-order valence-corrected chi connectivity index (χ4v) is 4.47. The maximum atomic E-state index is 12.5. The summed E-state index contributed by atoms with van der Waals surface area (Å²) in [6.45, 7) is 0.0871. The highest BCUT2D eigenvalue weighted by molar-refractivity contribution is 7.88. The number of thiophene rings is 1. The van der Waals surface area contributed by atoms with Crippen LogP contribution >= 0.6 is 11.3 Å². The normalized spacial score (nSPS) is 12.6. The van der Waals surface area contributed by atoms with E-state index in [1.807, 2.05) is 0 Å². The lowest BCUT2D eigenvalue weighted by atomic mass is 10.2. The van der Waals surface area contributed by atoms with Crippen molar-refractivity contribution in [3.63, 3.8) is 0 Å². The van der Waals surface area contributed by atoms with Gasteiger partial charge in [-0.3, -0.25) is 0 Å². The molecule has 0 spiro atoms. The molecule has 144 valence electrons. The lowest BCUT2D eigenvalue weighted by Gasteiger charge is -2.16.